The minimum absolute atomic E-state index is 0.0361. The fourth-order valence-corrected chi connectivity index (χ4v) is 5.48. The number of hydrogen-bond donors (Lipinski definition) is 0. The maximum absolute atomic E-state index is 12.9. The molecule has 1 aromatic heterocycles. The number of aryl methyl sites for hydroxylation is 1. The number of rotatable bonds is 5. The molecule has 1 amide bonds. The Morgan fingerprint density at radius 3 is 2.40 bits per heavy atom. The number of benzene rings is 2. The van der Waals surface area contributed by atoms with Crippen LogP contribution in [0.25, 0.3) is 22.9 Å². The summed E-state index contributed by atoms with van der Waals surface area (Å²) >= 11 is 0. The SMILES string of the molecule is CCN(C(=O)c1ccc(-c2nnc(-c3cccc(C)c3)o2)cc1)C1CCS(=O)(=O)C1. The molecular formula is C22H23N3O4S. The summed E-state index contributed by atoms with van der Waals surface area (Å²) in [7, 11) is -3.05. The molecule has 3 aromatic rings. The number of amides is 1. The van der Waals surface area contributed by atoms with E-state index in [0.717, 1.165) is 11.1 Å². The number of hydrogen-bond acceptors (Lipinski definition) is 6. The minimum Gasteiger partial charge on any atom is -0.416 e. The van der Waals surface area contributed by atoms with Gasteiger partial charge in [-0.3, -0.25) is 4.79 Å². The van der Waals surface area contributed by atoms with Crippen LogP contribution in [0.2, 0.25) is 0 Å². The van der Waals surface area contributed by atoms with Gasteiger partial charge in [-0.1, -0.05) is 17.7 Å². The van der Waals surface area contributed by atoms with E-state index in [1.807, 2.05) is 38.1 Å². The van der Waals surface area contributed by atoms with E-state index < -0.39 is 9.84 Å². The van der Waals surface area contributed by atoms with Gasteiger partial charge in [-0.2, -0.15) is 0 Å². The number of nitrogens with zero attached hydrogens (tertiary/aromatic N) is 3. The van der Waals surface area contributed by atoms with Gasteiger partial charge < -0.3 is 9.32 Å². The predicted molar refractivity (Wildman–Crippen MR) is 114 cm³/mol. The molecule has 1 unspecified atom stereocenters. The van der Waals surface area contributed by atoms with Crippen LogP contribution < -0.4 is 0 Å². The van der Waals surface area contributed by atoms with Crippen LogP contribution in [-0.4, -0.2) is 53.5 Å². The molecule has 4 rings (SSSR count). The molecule has 0 bridgehead atoms. The van der Waals surface area contributed by atoms with E-state index in [9.17, 15) is 13.2 Å². The smallest absolute Gasteiger partial charge is 0.254 e. The number of aromatic nitrogens is 2. The first kappa shape index (κ1) is 20.3. The summed E-state index contributed by atoms with van der Waals surface area (Å²) in [4.78, 5) is 14.6. The molecule has 156 valence electrons. The second-order valence-electron chi connectivity index (χ2n) is 7.51. The summed E-state index contributed by atoms with van der Waals surface area (Å²) in [6.45, 7) is 4.32. The molecule has 30 heavy (non-hydrogen) atoms. The second-order valence-corrected chi connectivity index (χ2v) is 9.74. The minimum atomic E-state index is -3.05. The summed E-state index contributed by atoms with van der Waals surface area (Å²) in [5.74, 6) is 0.820. The summed E-state index contributed by atoms with van der Waals surface area (Å²) in [5.41, 5.74) is 3.17. The maximum atomic E-state index is 12.9. The molecule has 0 spiro atoms. The summed E-state index contributed by atoms with van der Waals surface area (Å²) in [6, 6.07) is 14.5. The van der Waals surface area contributed by atoms with Crippen molar-refractivity contribution in [3.05, 3.63) is 59.7 Å². The summed E-state index contributed by atoms with van der Waals surface area (Å²) < 4.78 is 29.4. The quantitative estimate of drug-likeness (QED) is 0.622. The standard InChI is InChI=1S/C22H23N3O4S/c1-3-25(19-11-12-30(27,28)14-19)22(26)17-9-7-16(8-10-17)20-23-24-21(29-20)18-6-4-5-15(2)13-18/h4-10,13,19H,3,11-12,14H2,1-2H3. The van der Waals surface area contributed by atoms with Crippen molar-refractivity contribution < 1.29 is 17.6 Å². The molecule has 1 saturated heterocycles. The molecule has 1 aliphatic rings. The van der Waals surface area contributed by atoms with Crippen molar-refractivity contribution >= 4 is 15.7 Å². The Kier molecular flexibility index (Phi) is 5.42. The highest BCUT2D eigenvalue weighted by Gasteiger charge is 2.34. The molecule has 0 N–H and O–H groups in total. The third-order valence-corrected chi connectivity index (χ3v) is 7.07. The Bertz CT molecular complexity index is 1170. The Hall–Kier alpha value is -3.00. The second kappa shape index (κ2) is 8.02. The van der Waals surface area contributed by atoms with Crippen LogP contribution in [0.3, 0.4) is 0 Å². The Morgan fingerprint density at radius 1 is 1.10 bits per heavy atom. The fourth-order valence-electron chi connectivity index (χ4n) is 3.74. The summed E-state index contributed by atoms with van der Waals surface area (Å²) in [5, 5.41) is 8.24. The average Bonchev–Trinajstić information content (AvgIpc) is 3.35. The largest absolute Gasteiger partial charge is 0.416 e. The van der Waals surface area contributed by atoms with Gasteiger partial charge in [-0.05, 0) is 56.7 Å². The van der Waals surface area contributed by atoms with E-state index in [0.29, 0.717) is 35.9 Å². The van der Waals surface area contributed by atoms with Crippen molar-refractivity contribution in [1.82, 2.24) is 15.1 Å². The number of sulfone groups is 1. The van der Waals surface area contributed by atoms with Gasteiger partial charge >= 0.3 is 0 Å². The Labute approximate surface area is 175 Å². The highest BCUT2D eigenvalue weighted by atomic mass is 32.2. The van der Waals surface area contributed by atoms with Gasteiger partial charge in [0, 0.05) is 29.3 Å². The molecular weight excluding hydrogens is 402 g/mol. The third-order valence-electron chi connectivity index (χ3n) is 5.32. The zero-order valence-corrected chi connectivity index (χ0v) is 17.7. The van der Waals surface area contributed by atoms with E-state index in [2.05, 4.69) is 10.2 Å². The monoisotopic (exact) mass is 425 g/mol. The van der Waals surface area contributed by atoms with Gasteiger partial charge in [0.25, 0.3) is 5.91 Å². The van der Waals surface area contributed by atoms with Crippen molar-refractivity contribution in [2.45, 2.75) is 26.3 Å². The first-order valence-corrected chi connectivity index (χ1v) is 11.7. The van der Waals surface area contributed by atoms with Crippen molar-refractivity contribution in [3.8, 4) is 22.9 Å². The molecule has 0 aliphatic carbocycles. The average molecular weight is 426 g/mol. The summed E-state index contributed by atoms with van der Waals surface area (Å²) in [6.07, 6.45) is 0.490. The highest BCUT2D eigenvalue weighted by molar-refractivity contribution is 7.91. The lowest BCUT2D eigenvalue weighted by Crippen LogP contribution is -2.40. The lowest BCUT2D eigenvalue weighted by atomic mass is 10.1. The van der Waals surface area contributed by atoms with Gasteiger partial charge in [0.05, 0.1) is 11.5 Å². The lowest BCUT2D eigenvalue weighted by molar-refractivity contribution is 0.0708. The predicted octanol–water partition coefficient (Wildman–Crippen LogP) is 3.36. The van der Waals surface area contributed by atoms with Crippen LogP contribution in [0.5, 0.6) is 0 Å². The fraction of sp³-hybridized carbons (Fsp3) is 0.318. The van der Waals surface area contributed by atoms with Crippen LogP contribution in [0.1, 0.15) is 29.3 Å². The molecule has 1 atom stereocenters. The molecule has 8 heteroatoms. The van der Waals surface area contributed by atoms with E-state index in [1.54, 1.807) is 29.2 Å². The van der Waals surface area contributed by atoms with Crippen LogP contribution in [0.15, 0.2) is 52.9 Å². The maximum Gasteiger partial charge on any atom is 0.254 e. The van der Waals surface area contributed by atoms with Gasteiger partial charge in [0.15, 0.2) is 9.84 Å². The molecule has 2 aromatic carbocycles. The lowest BCUT2D eigenvalue weighted by Gasteiger charge is -2.27. The molecule has 1 aliphatic heterocycles. The Balaban J connectivity index is 1.52. The Morgan fingerprint density at radius 2 is 1.80 bits per heavy atom. The van der Waals surface area contributed by atoms with Gasteiger partial charge in [0.2, 0.25) is 11.8 Å². The van der Waals surface area contributed by atoms with E-state index in [4.69, 9.17) is 4.42 Å². The first-order chi connectivity index (χ1) is 14.4. The van der Waals surface area contributed by atoms with E-state index in [-0.39, 0.29) is 23.5 Å². The van der Waals surface area contributed by atoms with E-state index in [1.165, 1.54) is 0 Å². The topological polar surface area (TPSA) is 93.4 Å². The number of carbonyl (C=O) groups is 1. The molecule has 0 saturated carbocycles. The molecule has 2 heterocycles. The normalized spacial score (nSPS) is 17.7. The van der Waals surface area contributed by atoms with Crippen LogP contribution in [-0.2, 0) is 9.84 Å². The zero-order chi connectivity index (χ0) is 21.3. The highest BCUT2D eigenvalue weighted by Crippen LogP contribution is 2.25. The van der Waals surface area contributed by atoms with Gasteiger partial charge in [-0.25, -0.2) is 8.42 Å². The third kappa shape index (κ3) is 4.14. The number of carbonyl (C=O) groups excluding carboxylic acids is 1. The van der Waals surface area contributed by atoms with Gasteiger partial charge in [-0.15, -0.1) is 10.2 Å². The first-order valence-electron chi connectivity index (χ1n) is 9.88. The van der Waals surface area contributed by atoms with Crippen LogP contribution in [0.4, 0.5) is 0 Å². The van der Waals surface area contributed by atoms with Gasteiger partial charge in [0.1, 0.15) is 0 Å². The zero-order valence-electron chi connectivity index (χ0n) is 16.9. The molecule has 7 nitrogen and oxygen atoms in total. The van der Waals surface area contributed by atoms with Crippen molar-refractivity contribution in [3.63, 3.8) is 0 Å². The van der Waals surface area contributed by atoms with Crippen molar-refractivity contribution in [2.24, 2.45) is 0 Å². The van der Waals surface area contributed by atoms with Crippen LogP contribution >= 0.6 is 0 Å². The van der Waals surface area contributed by atoms with Crippen LogP contribution in [0, 0.1) is 6.92 Å². The van der Waals surface area contributed by atoms with Crippen molar-refractivity contribution in [1.29, 1.82) is 0 Å². The van der Waals surface area contributed by atoms with Crippen molar-refractivity contribution in [2.75, 3.05) is 18.1 Å². The molecule has 0 radical (unpaired) electrons. The molecule has 1 fully saturated rings. The van der Waals surface area contributed by atoms with E-state index >= 15 is 0 Å².